The summed E-state index contributed by atoms with van der Waals surface area (Å²) in [6, 6.07) is 8.47. The molecule has 4 heteroatoms. The Morgan fingerprint density at radius 1 is 1.12 bits per heavy atom. The third kappa shape index (κ3) is 2.98. The van der Waals surface area contributed by atoms with Crippen molar-refractivity contribution in [1.29, 1.82) is 0 Å². The lowest BCUT2D eigenvalue weighted by molar-refractivity contribution is 0.294. The molecule has 0 aliphatic carbocycles. The minimum absolute atomic E-state index is 0.904. The first kappa shape index (κ1) is 16.8. The minimum atomic E-state index is 0.904. The van der Waals surface area contributed by atoms with Crippen molar-refractivity contribution in [2.45, 2.75) is 33.7 Å². The first-order chi connectivity index (χ1) is 11.7. The van der Waals surface area contributed by atoms with Crippen LogP contribution in [0.1, 0.15) is 26.0 Å². The predicted molar refractivity (Wildman–Crippen MR) is 101 cm³/mol. The average Bonchev–Trinajstić information content (AvgIpc) is 2.93. The Labute approximate surface area is 144 Å². The number of hydrogen-bond donors (Lipinski definition) is 0. The van der Waals surface area contributed by atoms with E-state index in [0.717, 1.165) is 44.0 Å². The summed E-state index contributed by atoms with van der Waals surface area (Å²) < 4.78 is 7.86. The molecule has 1 aromatic carbocycles. The first-order valence-corrected chi connectivity index (χ1v) is 8.83. The van der Waals surface area contributed by atoms with Crippen molar-refractivity contribution in [3.05, 3.63) is 36.2 Å². The number of rotatable bonds is 7. The van der Waals surface area contributed by atoms with Crippen LogP contribution < -0.4 is 4.74 Å². The van der Waals surface area contributed by atoms with E-state index in [0.29, 0.717) is 0 Å². The van der Waals surface area contributed by atoms with E-state index in [4.69, 9.17) is 4.74 Å². The van der Waals surface area contributed by atoms with Crippen LogP contribution >= 0.6 is 0 Å². The van der Waals surface area contributed by atoms with E-state index in [1.807, 2.05) is 12.3 Å². The summed E-state index contributed by atoms with van der Waals surface area (Å²) in [7, 11) is 1.72. The van der Waals surface area contributed by atoms with Gasteiger partial charge in [-0.3, -0.25) is 4.98 Å². The number of hydrogen-bond acceptors (Lipinski definition) is 3. The van der Waals surface area contributed by atoms with Gasteiger partial charge in [-0.15, -0.1) is 0 Å². The summed E-state index contributed by atoms with van der Waals surface area (Å²) in [6.07, 6.45) is 3.04. The summed E-state index contributed by atoms with van der Waals surface area (Å²) in [5.74, 6) is 0.904. The van der Waals surface area contributed by atoms with Crippen molar-refractivity contribution in [1.82, 2.24) is 14.5 Å². The van der Waals surface area contributed by atoms with E-state index in [1.54, 1.807) is 7.11 Å². The third-order valence-corrected chi connectivity index (χ3v) is 4.91. The molecule has 0 saturated carbocycles. The van der Waals surface area contributed by atoms with Crippen LogP contribution in [0, 0.1) is 6.92 Å². The highest BCUT2D eigenvalue weighted by Crippen LogP contribution is 2.32. The van der Waals surface area contributed by atoms with Crippen LogP contribution in [0.5, 0.6) is 5.75 Å². The van der Waals surface area contributed by atoms with E-state index in [9.17, 15) is 0 Å². The Morgan fingerprint density at radius 3 is 2.62 bits per heavy atom. The number of methoxy groups -OCH3 is 1. The lowest BCUT2D eigenvalue weighted by Gasteiger charge is -2.18. The van der Waals surface area contributed by atoms with Gasteiger partial charge in [0.05, 0.1) is 23.8 Å². The van der Waals surface area contributed by atoms with Gasteiger partial charge in [0.1, 0.15) is 5.75 Å². The highest BCUT2D eigenvalue weighted by Gasteiger charge is 2.14. The molecule has 4 nitrogen and oxygen atoms in total. The summed E-state index contributed by atoms with van der Waals surface area (Å²) in [5, 5.41) is 2.56. The third-order valence-electron chi connectivity index (χ3n) is 4.91. The summed E-state index contributed by atoms with van der Waals surface area (Å²) in [4.78, 5) is 6.99. The highest BCUT2D eigenvalue weighted by molar-refractivity contribution is 6.09. The molecule has 24 heavy (non-hydrogen) atoms. The molecule has 3 rings (SSSR count). The van der Waals surface area contributed by atoms with Gasteiger partial charge in [0.25, 0.3) is 0 Å². The van der Waals surface area contributed by atoms with Crippen molar-refractivity contribution < 1.29 is 4.74 Å². The second-order valence-corrected chi connectivity index (χ2v) is 6.21. The zero-order valence-corrected chi connectivity index (χ0v) is 15.2. The van der Waals surface area contributed by atoms with Gasteiger partial charge in [-0.25, -0.2) is 0 Å². The SMILES string of the molecule is CCN(CC)CCCn1c2cc(OC)ccc2c2ccnc(C)c21. The van der Waals surface area contributed by atoms with Gasteiger partial charge >= 0.3 is 0 Å². The number of aromatic nitrogens is 2. The average molecular weight is 325 g/mol. The molecular formula is C20H27N3O. The molecule has 0 atom stereocenters. The van der Waals surface area contributed by atoms with Crippen molar-refractivity contribution in [2.24, 2.45) is 0 Å². The largest absolute Gasteiger partial charge is 0.497 e. The molecule has 128 valence electrons. The Hall–Kier alpha value is -2.07. The highest BCUT2D eigenvalue weighted by atomic mass is 16.5. The molecule has 0 radical (unpaired) electrons. The van der Waals surface area contributed by atoms with Crippen LogP contribution in [-0.2, 0) is 6.54 Å². The van der Waals surface area contributed by atoms with E-state index < -0.39 is 0 Å². The fourth-order valence-electron chi connectivity index (χ4n) is 3.55. The van der Waals surface area contributed by atoms with Crippen LogP contribution in [-0.4, -0.2) is 41.2 Å². The fraction of sp³-hybridized carbons (Fsp3) is 0.450. The van der Waals surface area contributed by atoms with Crippen molar-refractivity contribution in [3.63, 3.8) is 0 Å². The Morgan fingerprint density at radius 2 is 1.92 bits per heavy atom. The molecule has 3 aromatic rings. The maximum absolute atomic E-state index is 5.44. The fourth-order valence-corrected chi connectivity index (χ4v) is 3.55. The lowest BCUT2D eigenvalue weighted by atomic mass is 10.1. The number of aryl methyl sites for hydroxylation is 2. The van der Waals surface area contributed by atoms with Crippen LogP contribution in [0.4, 0.5) is 0 Å². The maximum Gasteiger partial charge on any atom is 0.120 e. The van der Waals surface area contributed by atoms with Gasteiger partial charge in [0.15, 0.2) is 0 Å². The molecule has 0 saturated heterocycles. The molecule has 0 amide bonds. The van der Waals surface area contributed by atoms with Crippen LogP contribution in [0.15, 0.2) is 30.5 Å². The Balaban J connectivity index is 2.05. The maximum atomic E-state index is 5.44. The predicted octanol–water partition coefficient (Wildman–Crippen LogP) is 4.24. The lowest BCUT2D eigenvalue weighted by Crippen LogP contribution is -2.24. The quantitative estimate of drug-likeness (QED) is 0.651. The van der Waals surface area contributed by atoms with E-state index in [1.165, 1.54) is 21.8 Å². The molecule has 0 N–H and O–H groups in total. The zero-order valence-electron chi connectivity index (χ0n) is 15.2. The number of fused-ring (bicyclic) bond motifs is 3. The number of pyridine rings is 1. The summed E-state index contributed by atoms with van der Waals surface area (Å²) in [6.45, 7) is 10.9. The monoisotopic (exact) mass is 325 g/mol. The molecular weight excluding hydrogens is 298 g/mol. The molecule has 0 spiro atoms. The van der Waals surface area contributed by atoms with Gasteiger partial charge in [-0.1, -0.05) is 13.8 Å². The molecule has 0 bridgehead atoms. The molecule has 0 unspecified atom stereocenters. The van der Waals surface area contributed by atoms with Crippen molar-refractivity contribution in [2.75, 3.05) is 26.7 Å². The van der Waals surface area contributed by atoms with Gasteiger partial charge in [0, 0.05) is 29.6 Å². The van der Waals surface area contributed by atoms with Crippen LogP contribution in [0.3, 0.4) is 0 Å². The number of benzene rings is 1. The molecule has 2 aromatic heterocycles. The van der Waals surface area contributed by atoms with Crippen LogP contribution in [0.25, 0.3) is 21.8 Å². The van der Waals surface area contributed by atoms with E-state index >= 15 is 0 Å². The normalized spacial score (nSPS) is 11.7. The zero-order chi connectivity index (χ0) is 17.1. The second kappa shape index (κ2) is 7.22. The topological polar surface area (TPSA) is 30.3 Å². The smallest absolute Gasteiger partial charge is 0.120 e. The first-order valence-electron chi connectivity index (χ1n) is 8.83. The van der Waals surface area contributed by atoms with Crippen molar-refractivity contribution in [3.8, 4) is 5.75 Å². The summed E-state index contributed by atoms with van der Waals surface area (Å²) >= 11 is 0. The molecule has 0 fully saturated rings. The van der Waals surface area contributed by atoms with Gasteiger partial charge in [0.2, 0.25) is 0 Å². The summed E-state index contributed by atoms with van der Waals surface area (Å²) in [5.41, 5.74) is 3.57. The molecule has 2 heterocycles. The van der Waals surface area contributed by atoms with Gasteiger partial charge < -0.3 is 14.2 Å². The minimum Gasteiger partial charge on any atom is -0.497 e. The number of nitrogens with zero attached hydrogens (tertiary/aromatic N) is 3. The second-order valence-electron chi connectivity index (χ2n) is 6.21. The van der Waals surface area contributed by atoms with E-state index in [-0.39, 0.29) is 0 Å². The molecule has 0 aliphatic rings. The Bertz CT molecular complexity index is 834. The van der Waals surface area contributed by atoms with E-state index in [2.05, 4.69) is 53.4 Å². The van der Waals surface area contributed by atoms with Crippen molar-refractivity contribution >= 4 is 21.8 Å². The molecule has 0 aliphatic heterocycles. The Kier molecular flexibility index (Phi) is 5.05. The standard InChI is InChI=1S/C20H27N3O/c1-5-22(6-2)12-7-13-23-19-14-16(24-4)8-9-17(19)18-10-11-21-15(3)20(18)23/h8-11,14H,5-7,12-13H2,1-4H3. The number of ether oxygens (including phenoxy) is 1. The van der Waals surface area contributed by atoms with Crippen LogP contribution in [0.2, 0.25) is 0 Å². The van der Waals surface area contributed by atoms with Gasteiger partial charge in [-0.05, 0) is 51.2 Å². The van der Waals surface area contributed by atoms with Gasteiger partial charge in [-0.2, -0.15) is 0 Å².